The van der Waals surface area contributed by atoms with Gasteiger partial charge in [-0.1, -0.05) is 25.4 Å². The summed E-state index contributed by atoms with van der Waals surface area (Å²) in [6.45, 7) is 3.89. The SMILES string of the molecule is COc1cc(C(=O)OCC(=O)Nc2cc([N+](=O)[O-])ccc2Cl)ccc1OCC(C)C. The number of rotatable bonds is 9. The van der Waals surface area contributed by atoms with Crippen LogP contribution < -0.4 is 14.8 Å². The van der Waals surface area contributed by atoms with Crippen LogP contribution in [0.3, 0.4) is 0 Å². The summed E-state index contributed by atoms with van der Waals surface area (Å²) >= 11 is 5.93. The minimum atomic E-state index is -0.746. The van der Waals surface area contributed by atoms with Gasteiger partial charge in [-0.2, -0.15) is 0 Å². The minimum Gasteiger partial charge on any atom is -0.493 e. The number of non-ortho nitro benzene ring substituents is 1. The van der Waals surface area contributed by atoms with Crippen LogP contribution in [0, 0.1) is 16.0 Å². The average Bonchev–Trinajstić information content (AvgIpc) is 2.71. The lowest BCUT2D eigenvalue weighted by atomic mass is 10.2. The Bertz CT molecular complexity index is 947. The molecule has 0 saturated heterocycles. The molecule has 0 atom stereocenters. The molecule has 0 spiro atoms. The maximum Gasteiger partial charge on any atom is 0.338 e. The van der Waals surface area contributed by atoms with E-state index in [1.54, 1.807) is 6.07 Å². The molecule has 2 rings (SSSR count). The van der Waals surface area contributed by atoms with E-state index in [1.165, 1.54) is 31.4 Å². The molecule has 30 heavy (non-hydrogen) atoms. The lowest BCUT2D eigenvalue weighted by Crippen LogP contribution is -2.21. The number of amides is 1. The number of anilines is 1. The quantitative estimate of drug-likeness (QED) is 0.357. The number of nitrogens with zero attached hydrogens (tertiary/aromatic N) is 1. The maximum absolute atomic E-state index is 12.2. The topological polar surface area (TPSA) is 117 Å². The summed E-state index contributed by atoms with van der Waals surface area (Å²) in [5, 5.41) is 13.3. The highest BCUT2D eigenvalue weighted by Gasteiger charge is 2.16. The van der Waals surface area contributed by atoms with E-state index in [1.807, 2.05) is 13.8 Å². The standard InChI is InChI=1S/C20H21ClN2O7/c1-12(2)10-29-17-7-4-13(8-18(17)28-3)20(25)30-11-19(24)22-16-9-14(23(26)27)5-6-15(16)21/h4-9,12H,10-11H2,1-3H3,(H,22,24). The number of nitro benzene ring substituents is 1. The molecule has 10 heteroatoms. The number of nitro groups is 1. The fraction of sp³-hybridized carbons (Fsp3) is 0.300. The van der Waals surface area contributed by atoms with Gasteiger partial charge in [-0.15, -0.1) is 0 Å². The predicted octanol–water partition coefficient (Wildman–Crippen LogP) is 4.09. The molecule has 2 aromatic carbocycles. The Morgan fingerprint density at radius 1 is 1.17 bits per heavy atom. The number of carbonyl (C=O) groups excluding carboxylic acids is 2. The predicted molar refractivity (Wildman–Crippen MR) is 110 cm³/mol. The van der Waals surface area contributed by atoms with Crippen molar-refractivity contribution in [2.24, 2.45) is 5.92 Å². The molecule has 0 unspecified atom stereocenters. The van der Waals surface area contributed by atoms with Gasteiger partial charge < -0.3 is 19.5 Å². The molecule has 2 aromatic rings. The molecule has 1 amide bonds. The number of hydrogen-bond acceptors (Lipinski definition) is 7. The van der Waals surface area contributed by atoms with Crippen LogP contribution in [0.15, 0.2) is 36.4 Å². The molecule has 0 aliphatic rings. The number of esters is 1. The molecule has 0 saturated carbocycles. The van der Waals surface area contributed by atoms with Crippen molar-refractivity contribution in [1.29, 1.82) is 0 Å². The fourth-order valence-electron chi connectivity index (χ4n) is 2.29. The zero-order chi connectivity index (χ0) is 22.3. The van der Waals surface area contributed by atoms with Gasteiger partial charge in [0.15, 0.2) is 18.1 Å². The van der Waals surface area contributed by atoms with Gasteiger partial charge in [0.2, 0.25) is 0 Å². The highest BCUT2D eigenvalue weighted by molar-refractivity contribution is 6.33. The van der Waals surface area contributed by atoms with Crippen molar-refractivity contribution in [2.75, 3.05) is 25.6 Å². The first-order chi connectivity index (χ1) is 14.2. The van der Waals surface area contributed by atoms with Crippen LogP contribution in [-0.4, -0.2) is 37.1 Å². The van der Waals surface area contributed by atoms with Gasteiger partial charge in [-0.3, -0.25) is 14.9 Å². The summed E-state index contributed by atoms with van der Waals surface area (Å²) in [4.78, 5) is 34.5. The third kappa shape index (κ3) is 6.35. The fourth-order valence-corrected chi connectivity index (χ4v) is 2.46. The molecule has 1 N–H and O–H groups in total. The van der Waals surface area contributed by atoms with Gasteiger partial charge >= 0.3 is 5.97 Å². The summed E-state index contributed by atoms with van der Waals surface area (Å²) in [5.41, 5.74) is -0.0243. The van der Waals surface area contributed by atoms with Gasteiger partial charge in [-0.25, -0.2) is 4.79 Å². The Balaban J connectivity index is 1.99. The first kappa shape index (κ1) is 23.0. The zero-order valence-corrected chi connectivity index (χ0v) is 17.4. The smallest absolute Gasteiger partial charge is 0.338 e. The van der Waals surface area contributed by atoms with Gasteiger partial charge in [0.05, 0.1) is 34.9 Å². The van der Waals surface area contributed by atoms with E-state index >= 15 is 0 Å². The van der Waals surface area contributed by atoms with Crippen molar-refractivity contribution in [2.45, 2.75) is 13.8 Å². The van der Waals surface area contributed by atoms with E-state index in [9.17, 15) is 19.7 Å². The van der Waals surface area contributed by atoms with E-state index < -0.39 is 23.4 Å². The van der Waals surface area contributed by atoms with Crippen molar-refractivity contribution in [3.8, 4) is 11.5 Å². The Hall–Kier alpha value is -3.33. The molecule has 0 fully saturated rings. The Labute approximate surface area is 178 Å². The lowest BCUT2D eigenvalue weighted by molar-refractivity contribution is -0.384. The summed E-state index contributed by atoms with van der Waals surface area (Å²) < 4.78 is 15.9. The first-order valence-corrected chi connectivity index (χ1v) is 9.30. The van der Waals surface area contributed by atoms with Crippen molar-refractivity contribution < 1.29 is 28.7 Å². The molecule has 0 aliphatic carbocycles. The second kappa shape index (κ2) is 10.4. The Morgan fingerprint density at radius 3 is 2.53 bits per heavy atom. The molecule has 0 aliphatic heterocycles. The van der Waals surface area contributed by atoms with Crippen molar-refractivity contribution in [3.63, 3.8) is 0 Å². The Morgan fingerprint density at radius 2 is 1.90 bits per heavy atom. The molecule has 0 heterocycles. The second-order valence-electron chi connectivity index (χ2n) is 6.62. The van der Waals surface area contributed by atoms with Crippen LogP contribution in [0.1, 0.15) is 24.2 Å². The minimum absolute atomic E-state index is 0.0419. The highest BCUT2D eigenvalue weighted by Crippen LogP contribution is 2.29. The van der Waals surface area contributed by atoms with E-state index in [2.05, 4.69) is 5.32 Å². The molecule has 0 radical (unpaired) electrons. The summed E-state index contributed by atoms with van der Waals surface area (Å²) in [6.07, 6.45) is 0. The third-order valence-electron chi connectivity index (χ3n) is 3.74. The largest absolute Gasteiger partial charge is 0.493 e. The first-order valence-electron chi connectivity index (χ1n) is 8.93. The normalized spacial score (nSPS) is 10.4. The monoisotopic (exact) mass is 436 g/mol. The number of hydrogen-bond donors (Lipinski definition) is 1. The van der Waals surface area contributed by atoms with Crippen LogP contribution in [0.2, 0.25) is 5.02 Å². The van der Waals surface area contributed by atoms with Crippen molar-refractivity contribution >= 4 is 34.9 Å². The van der Waals surface area contributed by atoms with Crippen molar-refractivity contribution in [1.82, 2.24) is 0 Å². The molecule has 160 valence electrons. The van der Waals surface area contributed by atoms with Crippen LogP contribution in [0.25, 0.3) is 0 Å². The van der Waals surface area contributed by atoms with Gasteiger partial charge in [0.1, 0.15) is 0 Å². The van der Waals surface area contributed by atoms with Gasteiger partial charge in [0.25, 0.3) is 11.6 Å². The van der Waals surface area contributed by atoms with Crippen LogP contribution in [0.5, 0.6) is 11.5 Å². The number of ether oxygens (including phenoxy) is 3. The number of carbonyl (C=O) groups is 2. The lowest BCUT2D eigenvalue weighted by Gasteiger charge is -2.13. The van der Waals surface area contributed by atoms with Gasteiger partial charge in [-0.05, 0) is 30.2 Å². The van der Waals surface area contributed by atoms with Gasteiger partial charge in [0, 0.05) is 12.1 Å². The summed E-state index contributed by atoms with van der Waals surface area (Å²) in [7, 11) is 1.45. The molecular formula is C20H21ClN2O7. The van der Waals surface area contributed by atoms with E-state index in [0.717, 1.165) is 6.07 Å². The molecule has 9 nitrogen and oxygen atoms in total. The number of methoxy groups -OCH3 is 1. The maximum atomic E-state index is 12.2. The summed E-state index contributed by atoms with van der Waals surface area (Å²) in [5.74, 6) is -0.283. The van der Waals surface area contributed by atoms with Crippen LogP contribution >= 0.6 is 11.6 Å². The van der Waals surface area contributed by atoms with Crippen LogP contribution in [-0.2, 0) is 9.53 Å². The Kier molecular flexibility index (Phi) is 7.99. The number of halogens is 1. The molecule has 0 bridgehead atoms. The number of benzene rings is 2. The molecule has 0 aromatic heterocycles. The van der Waals surface area contributed by atoms with Crippen LogP contribution in [0.4, 0.5) is 11.4 Å². The van der Waals surface area contributed by atoms with E-state index in [-0.39, 0.29) is 22.0 Å². The van der Waals surface area contributed by atoms with E-state index in [0.29, 0.717) is 24.0 Å². The highest BCUT2D eigenvalue weighted by atomic mass is 35.5. The van der Waals surface area contributed by atoms with E-state index in [4.69, 9.17) is 25.8 Å². The summed E-state index contributed by atoms with van der Waals surface area (Å²) in [6, 6.07) is 8.14. The van der Waals surface area contributed by atoms with Crippen molar-refractivity contribution in [3.05, 3.63) is 57.1 Å². The second-order valence-corrected chi connectivity index (χ2v) is 7.02. The average molecular weight is 437 g/mol. The third-order valence-corrected chi connectivity index (χ3v) is 4.07. The number of nitrogens with one attached hydrogen (secondary N) is 1. The molecular weight excluding hydrogens is 416 g/mol. The zero-order valence-electron chi connectivity index (χ0n) is 16.6.